The first-order chi connectivity index (χ1) is 10.4. The second-order valence-corrected chi connectivity index (χ2v) is 7.19. The SMILES string of the molecule is O=C(Cc1cccc(C(=O)O)c1)NCCN1CCCS1(=O)=O. The maximum absolute atomic E-state index is 11.8. The number of nitrogens with one attached hydrogen (secondary N) is 1. The van der Waals surface area contributed by atoms with Crippen molar-refractivity contribution in [3.8, 4) is 0 Å². The lowest BCUT2D eigenvalue weighted by Crippen LogP contribution is -2.36. The Hall–Kier alpha value is -1.93. The Morgan fingerprint density at radius 1 is 1.32 bits per heavy atom. The predicted octanol–water partition coefficient (Wildman–Crippen LogP) is 0.0790. The largest absolute Gasteiger partial charge is 0.478 e. The third kappa shape index (κ3) is 4.28. The van der Waals surface area contributed by atoms with Crippen LogP contribution in [0.4, 0.5) is 0 Å². The molecule has 1 aromatic rings. The van der Waals surface area contributed by atoms with Crippen LogP contribution in [0.25, 0.3) is 0 Å². The van der Waals surface area contributed by atoms with Gasteiger partial charge in [0, 0.05) is 19.6 Å². The summed E-state index contributed by atoms with van der Waals surface area (Å²) in [5.41, 5.74) is 0.736. The van der Waals surface area contributed by atoms with E-state index in [0.717, 1.165) is 0 Å². The van der Waals surface area contributed by atoms with Gasteiger partial charge >= 0.3 is 5.97 Å². The van der Waals surface area contributed by atoms with Gasteiger partial charge in [-0.2, -0.15) is 0 Å². The summed E-state index contributed by atoms with van der Waals surface area (Å²) in [5, 5.41) is 11.5. The molecular weight excluding hydrogens is 308 g/mol. The Bertz CT molecular complexity index is 672. The number of carbonyl (C=O) groups is 2. The molecule has 2 N–H and O–H groups in total. The fourth-order valence-corrected chi connectivity index (χ4v) is 3.85. The van der Waals surface area contributed by atoms with Gasteiger partial charge in [-0.25, -0.2) is 17.5 Å². The molecule has 7 nitrogen and oxygen atoms in total. The van der Waals surface area contributed by atoms with Crippen LogP contribution in [0.15, 0.2) is 24.3 Å². The van der Waals surface area contributed by atoms with E-state index in [1.165, 1.54) is 16.4 Å². The highest BCUT2D eigenvalue weighted by Gasteiger charge is 2.27. The Balaban J connectivity index is 1.81. The van der Waals surface area contributed by atoms with Crippen LogP contribution in [0.1, 0.15) is 22.3 Å². The zero-order valence-corrected chi connectivity index (χ0v) is 12.8. The number of hydrogen-bond donors (Lipinski definition) is 2. The topological polar surface area (TPSA) is 104 Å². The highest BCUT2D eigenvalue weighted by molar-refractivity contribution is 7.89. The molecule has 1 aliphatic heterocycles. The van der Waals surface area contributed by atoms with Gasteiger partial charge in [-0.1, -0.05) is 12.1 Å². The van der Waals surface area contributed by atoms with Gasteiger partial charge in [-0.3, -0.25) is 4.79 Å². The Kier molecular flexibility index (Phi) is 5.15. The number of amides is 1. The average molecular weight is 326 g/mol. The molecule has 0 bridgehead atoms. The van der Waals surface area contributed by atoms with Crippen molar-refractivity contribution in [2.45, 2.75) is 12.8 Å². The Morgan fingerprint density at radius 3 is 2.73 bits per heavy atom. The van der Waals surface area contributed by atoms with E-state index < -0.39 is 16.0 Å². The summed E-state index contributed by atoms with van der Waals surface area (Å²) < 4.78 is 24.5. The average Bonchev–Trinajstić information content (AvgIpc) is 2.78. The quantitative estimate of drug-likeness (QED) is 0.770. The van der Waals surface area contributed by atoms with Crippen LogP contribution < -0.4 is 5.32 Å². The van der Waals surface area contributed by atoms with E-state index in [0.29, 0.717) is 18.5 Å². The minimum Gasteiger partial charge on any atom is -0.478 e. The molecular formula is C14H18N2O5S. The summed E-state index contributed by atoms with van der Waals surface area (Å²) in [6.07, 6.45) is 0.687. The third-order valence-corrected chi connectivity index (χ3v) is 5.38. The number of carboxylic acids is 1. The van der Waals surface area contributed by atoms with Crippen LogP contribution in [0, 0.1) is 0 Å². The molecule has 22 heavy (non-hydrogen) atoms. The summed E-state index contributed by atoms with van der Waals surface area (Å²) in [7, 11) is -3.14. The number of nitrogens with zero attached hydrogens (tertiary/aromatic N) is 1. The van der Waals surface area contributed by atoms with E-state index in [1.54, 1.807) is 12.1 Å². The lowest BCUT2D eigenvalue weighted by atomic mass is 10.1. The fourth-order valence-electron chi connectivity index (χ4n) is 2.32. The zero-order valence-electron chi connectivity index (χ0n) is 12.0. The maximum atomic E-state index is 11.8. The second-order valence-electron chi connectivity index (χ2n) is 5.10. The van der Waals surface area contributed by atoms with Crippen LogP contribution in [-0.4, -0.2) is 55.1 Å². The zero-order chi connectivity index (χ0) is 16.2. The minimum atomic E-state index is -3.14. The van der Waals surface area contributed by atoms with Crippen LogP contribution in [-0.2, 0) is 21.2 Å². The summed E-state index contributed by atoms with van der Waals surface area (Å²) in [6.45, 7) is 1.01. The van der Waals surface area contributed by atoms with Crippen molar-refractivity contribution in [1.29, 1.82) is 0 Å². The van der Waals surface area contributed by atoms with Gasteiger partial charge in [0.2, 0.25) is 15.9 Å². The van der Waals surface area contributed by atoms with Gasteiger partial charge in [-0.05, 0) is 24.1 Å². The molecule has 0 aliphatic carbocycles. The Morgan fingerprint density at radius 2 is 2.09 bits per heavy atom. The predicted molar refractivity (Wildman–Crippen MR) is 80.1 cm³/mol. The molecule has 8 heteroatoms. The number of carboxylic acid groups (broad SMARTS) is 1. The highest BCUT2D eigenvalue weighted by Crippen LogP contribution is 2.12. The van der Waals surface area contributed by atoms with Gasteiger partial charge in [0.15, 0.2) is 0 Å². The fraction of sp³-hybridized carbons (Fsp3) is 0.429. The number of rotatable bonds is 6. The van der Waals surface area contributed by atoms with E-state index >= 15 is 0 Å². The lowest BCUT2D eigenvalue weighted by molar-refractivity contribution is -0.120. The first-order valence-electron chi connectivity index (χ1n) is 6.95. The van der Waals surface area contributed by atoms with E-state index in [-0.39, 0.29) is 36.7 Å². The first kappa shape index (κ1) is 16.4. The van der Waals surface area contributed by atoms with Crippen LogP contribution >= 0.6 is 0 Å². The molecule has 0 atom stereocenters. The van der Waals surface area contributed by atoms with Crippen molar-refractivity contribution in [3.63, 3.8) is 0 Å². The summed E-state index contributed by atoms with van der Waals surface area (Å²) >= 11 is 0. The molecule has 2 rings (SSSR count). The molecule has 0 unspecified atom stereocenters. The van der Waals surface area contributed by atoms with Crippen LogP contribution in [0.3, 0.4) is 0 Å². The molecule has 0 saturated carbocycles. The van der Waals surface area contributed by atoms with Gasteiger partial charge in [0.05, 0.1) is 17.7 Å². The number of carbonyl (C=O) groups excluding carboxylic acids is 1. The molecule has 120 valence electrons. The maximum Gasteiger partial charge on any atom is 0.335 e. The van der Waals surface area contributed by atoms with Crippen molar-refractivity contribution >= 4 is 21.9 Å². The first-order valence-corrected chi connectivity index (χ1v) is 8.56. The van der Waals surface area contributed by atoms with Crippen molar-refractivity contribution < 1.29 is 23.1 Å². The molecule has 1 aliphatic rings. The van der Waals surface area contributed by atoms with Gasteiger partial charge in [-0.15, -0.1) is 0 Å². The van der Waals surface area contributed by atoms with E-state index in [2.05, 4.69) is 5.32 Å². The van der Waals surface area contributed by atoms with E-state index in [4.69, 9.17) is 5.11 Å². The normalized spacial score (nSPS) is 17.3. The standard InChI is InChI=1S/C14H18N2O5S/c17-13(10-11-3-1-4-12(9-11)14(18)19)15-5-7-16-6-2-8-22(16,20)21/h1,3-4,9H,2,5-8,10H2,(H,15,17)(H,18,19). The summed E-state index contributed by atoms with van der Waals surface area (Å²) in [4.78, 5) is 22.7. The van der Waals surface area contributed by atoms with E-state index in [1.807, 2.05) is 0 Å². The van der Waals surface area contributed by atoms with Crippen molar-refractivity contribution in [3.05, 3.63) is 35.4 Å². The third-order valence-electron chi connectivity index (χ3n) is 3.43. The van der Waals surface area contributed by atoms with Crippen molar-refractivity contribution in [2.75, 3.05) is 25.4 Å². The van der Waals surface area contributed by atoms with Crippen molar-refractivity contribution in [2.24, 2.45) is 0 Å². The molecule has 1 aromatic carbocycles. The summed E-state index contributed by atoms with van der Waals surface area (Å²) in [6, 6.07) is 6.18. The number of sulfonamides is 1. The van der Waals surface area contributed by atoms with Crippen LogP contribution in [0.5, 0.6) is 0 Å². The molecule has 1 heterocycles. The van der Waals surface area contributed by atoms with Gasteiger partial charge < -0.3 is 10.4 Å². The monoisotopic (exact) mass is 326 g/mol. The number of hydrogen-bond acceptors (Lipinski definition) is 4. The number of aromatic carboxylic acids is 1. The molecule has 0 radical (unpaired) electrons. The van der Waals surface area contributed by atoms with Crippen molar-refractivity contribution in [1.82, 2.24) is 9.62 Å². The molecule has 1 fully saturated rings. The minimum absolute atomic E-state index is 0.0634. The lowest BCUT2D eigenvalue weighted by Gasteiger charge is -2.14. The second kappa shape index (κ2) is 6.89. The highest BCUT2D eigenvalue weighted by atomic mass is 32.2. The van der Waals surface area contributed by atoms with Crippen LogP contribution in [0.2, 0.25) is 0 Å². The molecule has 1 amide bonds. The van der Waals surface area contributed by atoms with Gasteiger partial charge in [0.1, 0.15) is 0 Å². The molecule has 0 aromatic heterocycles. The Labute approximate surface area is 129 Å². The molecule has 1 saturated heterocycles. The van der Waals surface area contributed by atoms with Gasteiger partial charge in [0.25, 0.3) is 0 Å². The van der Waals surface area contributed by atoms with E-state index in [9.17, 15) is 18.0 Å². The molecule has 0 spiro atoms. The summed E-state index contributed by atoms with van der Waals surface area (Å²) in [5.74, 6) is -1.14. The smallest absolute Gasteiger partial charge is 0.335 e. The number of benzene rings is 1.